The molecule has 0 radical (unpaired) electrons. The van der Waals surface area contributed by atoms with Crippen molar-refractivity contribution in [3.63, 3.8) is 0 Å². The van der Waals surface area contributed by atoms with Crippen molar-refractivity contribution in [2.24, 2.45) is 5.92 Å². The Bertz CT molecular complexity index is 544. The zero-order chi connectivity index (χ0) is 14.9. The molecule has 108 valence electrons. The molecule has 20 heavy (non-hydrogen) atoms. The van der Waals surface area contributed by atoms with E-state index >= 15 is 0 Å². The molecule has 4 nitrogen and oxygen atoms in total. The molecule has 2 rings (SSSR count). The van der Waals surface area contributed by atoms with Gasteiger partial charge in [0.15, 0.2) is 0 Å². The van der Waals surface area contributed by atoms with Crippen molar-refractivity contribution in [3.05, 3.63) is 33.8 Å². The number of hydrogen-bond donors (Lipinski definition) is 1. The Morgan fingerprint density at radius 1 is 1.35 bits per heavy atom. The molecule has 0 saturated carbocycles. The van der Waals surface area contributed by atoms with E-state index in [-0.39, 0.29) is 11.9 Å². The lowest BCUT2D eigenvalue weighted by Crippen LogP contribution is -2.47. The Hall–Kier alpha value is -1.36. The van der Waals surface area contributed by atoms with Crippen molar-refractivity contribution in [1.82, 2.24) is 4.90 Å². The van der Waals surface area contributed by atoms with Gasteiger partial charge in [-0.15, -0.1) is 0 Å². The maximum atomic E-state index is 12.7. The monoisotopic (exact) mass is 339 g/mol. The smallest absolute Gasteiger partial charge is 0.308 e. The topological polar surface area (TPSA) is 57.6 Å². The predicted molar refractivity (Wildman–Crippen MR) is 79.7 cm³/mol. The van der Waals surface area contributed by atoms with Gasteiger partial charge in [-0.2, -0.15) is 0 Å². The summed E-state index contributed by atoms with van der Waals surface area (Å²) in [5.74, 6) is -1.36. The normalized spacial score (nSPS) is 22.6. The molecule has 0 spiro atoms. The van der Waals surface area contributed by atoms with Crippen molar-refractivity contribution < 1.29 is 14.7 Å². The molecule has 1 aliphatic rings. The lowest BCUT2D eigenvalue weighted by molar-refractivity contribution is -0.143. The van der Waals surface area contributed by atoms with E-state index in [4.69, 9.17) is 5.11 Å². The van der Waals surface area contributed by atoms with Gasteiger partial charge < -0.3 is 10.0 Å². The highest BCUT2D eigenvalue weighted by molar-refractivity contribution is 9.10. The van der Waals surface area contributed by atoms with Gasteiger partial charge >= 0.3 is 5.97 Å². The Morgan fingerprint density at radius 2 is 2.05 bits per heavy atom. The first kappa shape index (κ1) is 15.0. The van der Waals surface area contributed by atoms with E-state index in [1.54, 1.807) is 11.0 Å². The summed E-state index contributed by atoms with van der Waals surface area (Å²) in [4.78, 5) is 25.5. The third kappa shape index (κ3) is 2.87. The van der Waals surface area contributed by atoms with Crippen LogP contribution < -0.4 is 0 Å². The second-order valence-corrected chi connectivity index (χ2v) is 6.19. The summed E-state index contributed by atoms with van der Waals surface area (Å²) in [5.41, 5.74) is 1.53. The van der Waals surface area contributed by atoms with E-state index in [1.807, 2.05) is 26.0 Å². The van der Waals surface area contributed by atoms with Gasteiger partial charge in [-0.25, -0.2) is 0 Å². The second-order valence-electron chi connectivity index (χ2n) is 5.33. The summed E-state index contributed by atoms with van der Waals surface area (Å²) in [6.45, 7) is 4.16. The molecule has 1 aromatic carbocycles. The molecule has 1 amide bonds. The van der Waals surface area contributed by atoms with Gasteiger partial charge in [0.05, 0.1) is 5.92 Å². The number of amides is 1. The summed E-state index contributed by atoms with van der Waals surface area (Å²) in [7, 11) is 0. The van der Waals surface area contributed by atoms with Gasteiger partial charge in [0, 0.05) is 22.6 Å². The number of hydrogen-bond acceptors (Lipinski definition) is 2. The van der Waals surface area contributed by atoms with Crippen molar-refractivity contribution in [2.75, 3.05) is 6.54 Å². The largest absolute Gasteiger partial charge is 0.481 e. The van der Waals surface area contributed by atoms with Crippen LogP contribution in [0.5, 0.6) is 0 Å². The van der Waals surface area contributed by atoms with Crippen LogP contribution in [0.4, 0.5) is 0 Å². The molecule has 1 heterocycles. The molecule has 5 heteroatoms. The fraction of sp³-hybridized carbons (Fsp3) is 0.467. The van der Waals surface area contributed by atoms with Gasteiger partial charge in [-0.1, -0.05) is 22.0 Å². The Kier molecular flexibility index (Phi) is 4.48. The first-order chi connectivity index (χ1) is 9.41. The Balaban J connectivity index is 2.26. The lowest BCUT2D eigenvalue weighted by atomic mass is 9.92. The van der Waals surface area contributed by atoms with Crippen LogP contribution in [0.2, 0.25) is 0 Å². The second kappa shape index (κ2) is 5.95. The van der Waals surface area contributed by atoms with Crippen molar-refractivity contribution in [3.8, 4) is 0 Å². The molecule has 1 N–H and O–H groups in total. The molecule has 0 aromatic heterocycles. The SMILES string of the molecule is Cc1c(Br)cccc1C(=O)N1CC(C(=O)O)CCC1C. The highest BCUT2D eigenvalue weighted by Gasteiger charge is 2.33. The summed E-state index contributed by atoms with van der Waals surface area (Å²) in [6.07, 6.45) is 1.37. The van der Waals surface area contributed by atoms with Crippen LogP contribution in [0.15, 0.2) is 22.7 Å². The quantitative estimate of drug-likeness (QED) is 0.900. The molecule has 1 fully saturated rings. The van der Waals surface area contributed by atoms with E-state index < -0.39 is 11.9 Å². The third-order valence-corrected chi connectivity index (χ3v) is 4.85. The molecule has 0 aliphatic carbocycles. The van der Waals surface area contributed by atoms with Gasteiger partial charge in [-0.05, 0) is 44.4 Å². The zero-order valence-corrected chi connectivity index (χ0v) is 13.2. The minimum atomic E-state index is -0.819. The molecular weight excluding hydrogens is 322 g/mol. The van der Waals surface area contributed by atoms with Gasteiger partial charge in [0.2, 0.25) is 0 Å². The number of carboxylic acid groups (broad SMARTS) is 1. The number of nitrogens with zero attached hydrogens (tertiary/aromatic N) is 1. The molecule has 0 bridgehead atoms. The number of benzene rings is 1. The minimum Gasteiger partial charge on any atom is -0.481 e. The summed E-state index contributed by atoms with van der Waals surface area (Å²) < 4.78 is 0.891. The average Bonchev–Trinajstić information content (AvgIpc) is 2.41. The summed E-state index contributed by atoms with van der Waals surface area (Å²) in [6, 6.07) is 5.59. The maximum Gasteiger partial charge on any atom is 0.308 e. The maximum absolute atomic E-state index is 12.7. The van der Waals surface area contributed by atoms with Gasteiger partial charge in [-0.3, -0.25) is 9.59 Å². The number of carbonyl (C=O) groups excluding carboxylic acids is 1. The van der Waals surface area contributed by atoms with E-state index in [0.717, 1.165) is 16.5 Å². The molecule has 1 aliphatic heterocycles. The molecule has 2 atom stereocenters. The lowest BCUT2D eigenvalue weighted by Gasteiger charge is -2.36. The molecule has 2 unspecified atom stereocenters. The van der Waals surface area contributed by atoms with Crippen molar-refractivity contribution in [2.45, 2.75) is 32.7 Å². The zero-order valence-electron chi connectivity index (χ0n) is 11.6. The van der Waals surface area contributed by atoms with Gasteiger partial charge in [0.25, 0.3) is 5.91 Å². The van der Waals surface area contributed by atoms with Crippen LogP contribution in [-0.4, -0.2) is 34.5 Å². The standard InChI is InChI=1S/C15H18BrNO3/c1-9-6-7-11(15(19)20)8-17(9)14(18)12-4-3-5-13(16)10(12)2/h3-5,9,11H,6-8H2,1-2H3,(H,19,20). The van der Waals surface area contributed by atoms with Crippen LogP contribution in [0, 0.1) is 12.8 Å². The number of rotatable bonds is 2. The number of likely N-dealkylation sites (tertiary alicyclic amines) is 1. The van der Waals surface area contributed by atoms with Gasteiger partial charge in [0.1, 0.15) is 0 Å². The fourth-order valence-corrected chi connectivity index (χ4v) is 2.95. The van der Waals surface area contributed by atoms with E-state index in [1.165, 1.54) is 0 Å². The van der Waals surface area contributed by atoms with Crippen LogP contribution in [-0.2, 0) is 4.79 Å². The molecular formula is C15H18BrNO3. The molecule has 1 saturated heterocycles. The highest BCUT2D eigenvalue weighted by Crippen LogP contribution is 2.26. The number of halogens is 1. The first-order valence-electron chi connectivity index (χ1n) is 6.70. The predicted octanol–water partition coefficient (Wildman–Crippen LogP) is 3.08. The summed E-state index contributed by atoms with van der Waals surface area (Å²) in [5, 5.41) is 9.15. The number of carbonyl (C=O) groups is 2. The average molecular weight is 340 g/mol. The van der Waals surface area contributed by atoms with E-state index in [9.17, 15) is 9.59 Å². The van der Waals surface area contributed by atoms with E-state index in [2.05, 4.69) is 15.9 Å². The van der Waals surface area contributed by atoms with Crippen LogP contribution in [0.1, 0.15) is 35.7 Å². The van der Waals surface area contributed by atoms with E-state index in [0.29, 0.717) is 18.5 Å². The highest BCUT2D eigenvalue weighted by atomic mass is 79.9. The van der Waals surface area contributed by atoms with Crippen molar-refractivity contribution in [1.29, 1.82) is 0 Å². The van der Waals surface area contributed by atoms with Crippen LogP contribution >= 0.6 is 15.9 Å². The van der Waals surface area contributed by atoms with Crippen LogP contribution in [0.25, 0.3) is 0 Å². The third-order valence-electron chi connectivity index (χ3n) is 3.99. The molecule has 1 aromatic rings. The Labute approximate surface area is 126 Å². The fourth-order valence-electron chi connectivity index (χ4n) is 2.59. The summed E-state index contributed by atoms with van der Waals surface area (Å²) >= 11 is 3.42. The number of piperidine rings is 1. The number of carboxylic acids is 1. The van der Waals surface area contributed by atoms with Crippen LogP contribution in [0.3, 0.4) is 0 Å². The van der Waals surface area contributed by atoms with Crippen molar-refractivity contribution >= 4 is 27.8 Å². The number of aliphatic carboxylic acids is 1. The minimum absolute atomic E-state index is 0.0801. The first-order valence-corrected chi connectivity index (χ1v) is 7.50. The Morgan fingerprint density at radius 3 is 2.70 bits per heavy atom.